The maximum Gasteiger partial charge on any atom is 0.152 e. The molecule has 3 nitrogen and oxygen atoms in total. The van der Waals surface area contributed by atoms with Gasteiger partial charge in [-0.25, -0.2) is 0 Å². The molecule has 0 amide bonds. The Hall–Kier alpha value is -1.61. The molecule has 1 aromatic heterocycles. The maximum atomic E-state index is 11.0. The Morgan fingerprint density at radius 1 is 1.35 bits per heavy atom. The number of fused-ring (bicyclic) bond motifs is 1. The summed E-state index contributed by atoms with van der Waals surface area (Å²) in [6, 6.07) is 7.91. The zero-order chi connectivity index (χ0) is 11.7. The molecule has 0 atom stereocenters. The molecule has 88 valence electrons. The Morgan fingerprint density at radius 3 is 2.94 bits per heavy atom. The summed E-state index contributed by atoms with van der Waals surface area (Å²) in [6.07, 6.45) is 5.36. The summed E-state index contributed by atoms with van der Waals surface area (Å²) in [4.78, 5) is 11.0. The Bertz CT molecular complexity index is 540. The molecule has 0 unspecified atom stereocenters. The number of aldehydes is 1. The summed E-state index contributed by atoms with van der Waals surface area (Å²) in [5.74, 6) is 0.766. The number of rotatable bonds is 5. The standard InChI is InChI=1S/C14H15NO2/c16-8-12-7-15(10-17-9-11-5-6-11)14-4-2-1-3-13(12)14/h1-4,7-8,11H,5-6,9-10H2. The zero-order valence-corrected chi connectivity index (χ0v) is 9.63. The highest BCUT2D eigenvalue weighted by atomic mass is 16.5. The lowest BCUT2D eigenvalue weighted by atomic mass is 10.2. The summed E-state index contributed by atoms with van der Waals surface area (Å²) in [5, 5.41) is 0.998. The molecule has 1 aromatic carbocycles. The van der Waals surface area contributed by atoms with E-state index in [4.69, 9.17) is 4.74 Å². The van der Waals surface area contributed by atoms with Crippen molar-refractivity contribution in [2.75, 3.05) is 6.61 Å². The number of carbonyl (C=O) groups excluding carboxylic acids is 1. The lowest BCUT2D eigenvalue weighted by molar-refractivity contribution is 0.0717. The molecule has 2 aromatic rings. The molecule has 0 bridgehead atoms. The number of aromatic nitrogens is 1. The number of para-hydroxylation sites is 1. The Kier molecular flexibility index (Phi) is 2.69. The van der Waals surface area contributed by atoms with Gasteiger partial charge < -0.3 is 9.30 Å². The van der Waals surface area contributed by atoms with Crippen molar-refractivity contribution in [3.63, 3.8) is 0 Å². The van der Waals surface area contributed by atoms with Gasteiger partial charge in [-0.15, -0.1) is 0 Å². The van der Waals surface area contributed by atoms with Gasteiger partial charge in [0.2, 0.25) is 0 Å². The van der Waals surface area contributed by atoms with E-state index in [9.17, 15) is 4.79 Å². The lowest BCUT2D eigenvalue weighted by Gasteiger charge is -2.05. The van der Waals surface area contributed by atoms with Crippen molar-refractivity contribution < 1.29 is 9.53 Å². The molecule has 0 aliphatic heterocycles. The first kappa shape index (κ1) is 10.5. The second-order valence-corrected chi connectivity index (χ2v) is 4.63. The van der Waals surface area contributed by atoms with E-state index in [1.807, 2.05) is 35.0 Å². The van der Waals surface area contributed by atoms with Gasteiger partial charge in [0.1, 0.15) is 6.73 Å². The molecule has 0 spiro atoms. The lowest BCUT2D eigenvalue weighted by Crippen LogP contribution is -2.03. The van der Waals surface area contributed by atoms with Crippen LogP contribution in [0, 0.1) is 5.92 Å². The normalized spacial score (nSPS) is 15.3. The van der Waals surface area contributed by atoms with Crippen LogP contribution in [0.2, 0.25) is 0 Å². The Balaban J connectivity index is 1.84. The highest BCUT2D eigenvalue weighted by Gasteiger charge is 2.21. The third-order valence-corrected chi connectivity index (χ3v) is 3.23. The Labute approximate surface area is 100.0 Å². The topological polar surface area (TPSA) is 31.2 Å². The molecule has 0 radical (unpaired) electrons. The molecule has 1 aliphatic rings. The van der Waals surface area contributed by atoms with Crippen LogP contribution in [0.5, 0.6) is 0 Å². The van der Waals surface area contributed by atoms with Crippen LogP contribution in [0.25, 0.3) is 10.9 Å². The van der Waals surface area contributed by atoms with Crippen molar-refractivity contribution in [2.24, 2.45) is 5.92 Å². The molecule has 1 aliphatic carbocycles. The van der Waals surface area contributed by atoms with Crippen LogP contribution in [0.4, 0.5) is 0 Å². The van der Waals surface area contributed by atoms with Gasteiger partial charge in [-0.2, -0.15) is 0 Å². The molecule has 1 fully saturated rings. The molecule has 1 saturated carbocycles. The zero-order valence-electron chi connectivity index (χ0n) is 9.63. The van der Waals surface area contributed by atoms with Gasteiger partial charge in [-0.05, 0) is 24.8 Å². The van der Waals surface area contributed by atoms with Gasteiger partial charge in [0.05, 0.1) is 12.1 Å². The van der Waals surface area contributed by atoms with E-state index in [2.05, 4.69) is 0 Å². The first-order chi connectivity index (χ1) is 8.38. The molecule has 17 heavy (non-hydrogen) atoms. The average molecular weight is 229 g/mol. The maximum absolute atomic E-state index is 11.0. The van der Waals surface area contributed by atoms with E-state index in [0.29, 0.717) is 6.73 Å². The minimum atomic E-state index is 0.533. The second kappa shape index (κ2) is 4.34. The van der Waals surface area contributed by atoms with E-state index in [0.717, 1.165) is 35.3 Å². The molecule has 0 N–H and O–H groups in total. The van der Waals surface area contributed by atoms with E-state index in [1.165, 1.54) is 12.8 Å². The van der Waals surface area contributed by atoms with Gasteiger partial charge in [0, 0.05) is 17.1 Å². The molecule has 1 heterocycles. The number of carbonyl (C=O) groups is 1. The summed E-state index contributed by atoms with van der Waals surface area (Å²) in [5.41, 5.74) is 1.79. The van der Waals surface area contributed by atoms with E-state index in [1.54, 1.807) is 0 Å². The predicted octanol–water partition coefficient (Wildman–Crippen LogP) is 2.84. The second-order valence-electron chi connectivity index (χ2n) is 4.63. The van der Waals surface area contributed by atoms with E-state index >= 15 is 0 Å². The number of hydrogen-bond donors (Lipinski definition) is 0. The minimum Gasteiger partial charge on any atom is -0.360 e. The van der Waals surface area contributed by atoms with Crippen LogP contribution in [-0.2, 0) is 11.5 Å². The van der Waals surface area contributed by atoms with Crippen molar-refractivity contribution in [3.05, 3.63) is 36.0 Å². The smallest absolute Gasteiger partial charge is 0.152 e. The highest BCUT2D eigenvalue weighted by molar-refractivity contribution is 5.97. The first-order valence-corrected chi connectivity index (χ1v) is 5.99. The summed E-state index contributed by atoms with van der Waals surface area (Å²) in [7, 11) is 0. The molecular formula is C14H15NO2. The summed E-state index contributed by atoms with van der Waals surface area (Å²) >= 11 is 0. The van der Waals surface area contributed by atoms with Crippen molar-refractivity contribution in [3.8, 4) is 0 Å². The highest BCUT2D eigenvalue weighted by Crippen LogP contribution is 2.29. The summed E-state index contributed by atoms with van der Waals surface area (Å²) in [6.45, 7) is 1.37. The van der Waals surface area contributed by atoms with Gasteiger partial charge in [0.25, 0.3) is 0 Å². The molecule has 3 rings (SSSR count). The fourth-order valence-corrected chi connectivity index (χ4v) is 2.08. The van der Waals surface area contributed by atoms with Crippen LogP contribution in [-0.4, -0.2) is 17.5 Å². The molecule has 0 saturated heterocycles. The van der Waals surface area contributed by atoms with Crippen LogP contribution in [0.15, 0.2) is 30.5 Å². The number of ether oxygens (including phenoxy) is 1. The van der Waals surface area contributed by atoms with Crippen LogP contribution in [0.1, 0.15) is 23.2 Å². The van der Waals surface area contributed by atoms with Gasteiger partial charge in [-0.3, -0.25) is 4.79 Å². The van der Waals surface area contributed by atoms with Crippen molar-refractivity contribution in [1.82, 2.24) is 4.57 Å². The number of hydrogen-bond acceptors (Lipinski definition) is 2. The van der Waals surface area contributed by atoms with Gasteiger partial charge in [-0.1, -0.05) is 18.2 Å². The van der Waals surface area contributed by atoms with E-state index in [-0.39, 0.29) is 0 Å². The number of nitrogens with zero attached hydrogens (tertiary/aromatic N) is 1. The Morgan fingerprint density at radius 2 is 2.18 bits per heavy atom. The quantitative estimate of drug-likeness (QED) is 0.738. The predicted molar refractivity (Wildman–Crippen MR) is 66.0 cm³/mol. The van der Waals surface area contributed by atoms with Gasteiger partial charge in [0.15, 0.2) is 6.29 Å². The van der Waals surface area contributed by atoms with Gasteiger partial charge >= 0.3 is 0 Å². The molecular weight excluding hydrogens is 214 g/mol. The largest absolute Gasteiger partial charge is 0.360 e. The minimum absolute atomic E-state index is 0.533. The average Bonchev–Trinajstić information content (AvgIpc) is 3.11. The first-order valence-electron chi connectivity index (χ1n) is 5.99. The fraction of sp³-hybridized carbons (Fsp3) is 0.357. The van der Waals surface area contributed by atoms with Crippen LogP contribution >= 0.6 is 0 Å². The SMILES string of the molecule is O=Cc1cn(COCC2CC2)c2ccccc12. The van der Waals surface area contributed by atoms with Crippen LogP contribution in [0.3, 0.4) is 0 Å². The van der Waals surface area contributed by atoms with Crippen molar-refractivity contribution in [1.29, 1.82) is 0 Å². The molecule has 3 heteroatoms. The van der Waals surface area contributed by atoms with Crippen LogP contribution < -0.4 is 0 Å². The monoisotopic (exact) mass is 229 g/mol. The number of benzene rings is 1. The van der Waals surface area contributed by atoms with Crippen molar-refractivity contribution >= 4 is 17.2 Å². The third-order valence-electron chi connectivity index (χ3n) is 3.23. The fourth-order valence-electron chi connectivity index (χ4n) is 2.08. The summed E-state index contributed by atoms with van der Waals surface area (Å²) < 4.78 is 7.66. The third kappa shape index (κ3) is 2.11. The van der Waals surface area contributed by atoms with Crippen molar-refractivity contribution in [2.45, 2.75) is 19.6 Å². The van der Waals surface area contributed by atoms with E-state index < -0.39 is 0 Å².